The van der Waals surface area contributed by atoms with Crippen molar-refractivity contribution in [2.24, 2.45) is 5.41 Å². The molecule has 1 fully saturated rings. The summed E-state index contributed by atoms with van der Waals surface area (Å²) >= 11 is 1.07. The summed E-state index contributed by atoms with van der Waals surface area (Å²) in [5.74, 6) is 2.08. The third-order valence-corrected chi connectivity index (χ3v) is 11.0. The van der Waals surface area contributed by atoms with Gasteiger partial charge in [-0.05, 0) is 56.8 Å². The van der Waals surface area contributed by atoms with E-state index in [1.165, 1.54) is 22.7 Å². The predicted molar refractivity (Wildman–Crippen MR) is 177 cm³/mol. The van der Waals surface area contributed by atoms with Crippen molar-refractivity contribution in [3.8, 4) is 22.1 Å². The first-order valence-electron chi connectivity index (χ1n) is 15.7. The summed E-state index contributed by atoms with van der Waals surface area (Å²) in [6.07, 6.45) is 3.86. The molecule has 0 unspecified atom stereocenters. The Kier molecular flexibility index (Phi) is 10.9. The maximum Gasteiger partial charge on any atom is 1.00 e. The number of alkyl halides is 3. The minimum absolute atomic E-state index is 0. The first-order chi connectivity index (χ1) is 22.3. The van der Waals surface area contributed by atoms with Crippen LogP contribution in [-0.2, 0) is 36.2 Å². The van der Waals surface area contributed by atoms with E-state index < -0.39 is 28.2 Å². The minimum Gasteiger partial charge on any atom is -0.476 e. The van der Waals surface area contributed by atoms with Crippen molar-refractivity contribution in [3.63, 3.8) is 0 Å². The first kappa shape index (κ1) is 36.3. The molecule has 0 spiro atoms. The van der Waals surface area contributed by atoms with Crippen molar-refractivity contribution in [2.45, 2.75) is 83.0 Å². The summed E-state index contributed by atoms with van der Waals surface area (Å²) < 4.78 is 77.2. The number of ether oxygens (including phenoxy) is 1. The average Bonchev–Trinajstić information content (AvgIpc) is 3.65. The molecule has 0 amide bonds. The van der Waals surface area contributed by atoms with E-state index in [0.29, 0.717) is 22.6 Å². The number of aromatic nitrogens is 4. The average molecular weight is 878 g/mol. The van der Waals surface area contributed by atoms with Gasteiger partial charge in [-0.2, -0.15) is 41.4 Å². The second-order valence-electron chi connectivity index (χ2n) is 12.9. The molecular weight excluding hydrogens is 840 g/mol. The van der Waals surface area contributed by atoms with Gasteiger partial charge in [0.1, 0.15) is 23.1 Å². The fraction of sp³-hybridized carbons (Fsp3) is 0.455. The molecule has 15 heteroatoms. The molecule has 9 nitrogen and oxygen atoms in total. The van der Waals surface area contributed by atoms with E-state index in [1.807, 2.05) is 30.3 Å². The third kappa shape index (κ3) is 7.89. The Morgan fingerprint density at radius 2 is 1.77 bits per heavy atom. The number of nitrogens with zero attached hydrogens (tertiary/aromatic N) is 5. The number of hydrogen-bond acceptors (Lipinski definition) is 8. The van der Waals surface area contributed by atoms with Crippen LogP contribution in [0.15, 0.2) is 59.8 Å². The van der Waals surface area contributed by atoms with E-state index in [2.05, 4.69) is 26.6 Å². The van der Waals surface area contributed by atoms with E-state index in [4.69, 9.17) is 9.72 Å². The molecule has 4 heterocycles. The molecule has 3 aromatic heterocycles. The fourth-order valence-corrected chi connectivity index (χ4v) is 7.89. The quantitative estimate of drug-likeness (QED) is 0.204. The smallest absolute Gasteiger partial charge is 0.476 e. The molecular formula is C33H38F3N6O3OsS2. The number of thiazole rings is 1. The number of rotatable bonds is 5. The van der Waals surface area contributed by atoms with Crippen molar-refractivity contribution < 1.29 is 46.1 Å². The van der Waals surface area contributed by atoms with Gasteiger partial charge in [0.2, 0.25) is 5.88 Å². The van der Waals surface area contributed by atoms with Crippen molar-refractivity contribution in [2.75, 3.05) is 22.8 Å². The van der Waals surface area contributed by atoms with Gasteiger partial charge in [-0.25, -0.2) is 14.6 Å². The zero-order chi connectivity index (χ0) is 33.4. The Morgan fingerprint density at radius 1 is 1.02 bits per heavy atom. The van der Waals surface area contributed by atoms with Crippen LogP contribution >= 0.6 is 11.3 Å². The van der Waals surface area contributed by atoms with E-state index in [-0.39, 0.29) is 35.8 Å². The van der Waals surface area contributed by atoms with Gasteiger partial charge in [-0.1, -0.05) is 54.5 Å². The molecule has 259 valence electrons. The number of anilines is 2. The van der Waals surface area contributed by atoms with Gasteiger partial charge in [0.25, 0.3) is 10.0 Å². The van der Waals surface area contributed by atoms with Crippen LogP contribution in [0.1, 0.15) is 64.9 Å². The number of fused-ring (bicyclic) bond motifs is 6. The van der Waals surface area contributed by atoms with Gasteiger partial charge >= 0.3 is 26.0 Å². The van der Waals surface area contributed by atoms with Crippen LogP contribution in [0.2, 0.25) is 0 Å². The minimum atomic E-state index is -4.45. The number of benzene rings is 1. The van der Waals surface area contributed by atoms with Gasteiger partial charge in [0.15, 0.2) is 10.2 Å². The first-order valence-corrected chi connectivity index (χ1v) is 18.0. The molecule has 0 saturated heterocycles. The molecule has 1 radical (unpaired) electrons. The molecule has 48 heavy (non-hydrogen) atoms. The SMILES string of the molecule is C[C-]1CC(N2CCCCCCc3ccccc3-c3nc(sc3-n3ccc(OCC(C)(C)C(F)(F)F)n3)NS(=O)(=O)c3cccc2n3)C1.[Os+]. The second-order valence-corrected chi connectivity index (χ2v) is 15.5. The Morgan fingerprint density at radius 3 is 2.52 bits per heavy atom. The van der Waals surface area contributed by atoms with E-state index >= 15 is 0 Å². The Bertz CT molecular complexity index is 1820. The zero-order valence-corrected chi connectivity index (χ0v) is 31.1. The van der Waals surface area contributed by atoms with Crippen LogP contribution in [0, 0.1) is 11.3 Å². The number of sulfonamides is 1. The molecule has 6 rings (SSSR count). The Balaban J connectivity index is 0.00000451. The zero-order valence-electron chi connectivity index (χ0n) is 26.9. The molecule has 1 aromatic carbocycles. The van der Waals surface area contributed by atoms with E-state index in [9.17, 15) is 21.6 Å². The molecule has 4 bridgehead atoms. The van der Waals surface area contributed by atoms with Gasteiger partial charge in [-0.15, -0.1) is 5.10 Å². The maximum atomic E-state index is 13.7. The van der Waals surface area contributed by atoms with Crippen molar-refractivity contribution in [1.82, 2.24) is 19.7 Å². The molecule has 0 atom stereocenters. The summed E-state index contributed by atoms with van der Waals surface area (Å²) in [5.41, 5.74) is 0.313. The van der Waals surface area contributed by atoms with E-state index in [1.54, 1.807) is 12.3 Å². The number of aryl methyl sites for hydroxylation is 1. The largest absolute Gasteiger partial charge is 1.00 e. The maximum absolute atomic E-state index is 13.7. The van der Waals surface area contributed by atoms with Crippen LogP contribution in [0.3, 0.4) is 0 Å². The third-order valence-electron chi connectivity index (χ3n) is 8.71. The molecule has 2 aliphatic rings. The van der Waals surface area contributed by atoms with Crippen molar-refractivity contribution >= 4 is 32.3 Å². The molecule has 4 aromatic rings. The van der Waals surface area contributed by atoms with Crippen LogP contribution in [0.5, 0.6) is 5.88 Å². The monoisotopic (exact) mass is 879 g/mol. The number of halogens is 3. The van der Waals surface area contributed by atoms with Crippen LogP contribution in [0.4, 0.5) is 24.1 Å². The Labute approximate surface area is 296 Å². The van der Waals surface area contributed by atoms with Gasteiger partial charge in [0, 0.05) is 24.4 Å². The van der Waals surface area contributed by atoms with Crippen LogP contribution in [-0.4, -0.2) is 53.5 Å². The summed E-state index contributed by atoms with van der Waals surface area (Å²) in [7, 11) is -4.13. The standard InChI is InChI=1S/C33H38F3N6O3S2.Os/c1-22-19-24(20-22)41-17-9-5-4-6-11-23-12-7-8-13-25(23)29-30(42-18-16-27(39-42)45-21-32(2,3)33(34,35)36)46-31(38-29)40-47(43,44)28-15-10-14-26(41)37-28;/h7-8,10,12-16,18,24H,4-6,9,11,17,19-21H2,1-3H3,(H,38,40);/q-1;+1. The normalized spacial score (nSPS) is 17.8. The predicted octanol–water partition coefficient (Wildman–Crippen LogP) is 7.84. The summed E-state index contributed by atoms with van der Waals surface area (Å²) in [5, 5.41) is 4.89. The number of nitrogens with one attached hydrogen (secondary N) is 1. The number of hydrogen-bond donors (Lipinski definition) is 1. The molecule has 1 N–H and O–H groups in total. The second kappa shape index (κ2) is 14.5. The van der Waals surface area contributed by atoms with Crippen LogP contribution in [0.25, 0.3) is 16.3 Å². The summed E-state index contributed by atoms with van der Waals surface area (Å²) in [6.45, 7) is 4.48. The number of pyridine rings is 1. The topological polar surface area (TPSA) is 102 Å². The molecule has 1 aliphatic heterocycles. The summed E-state index contributed by atoms with van der Waals surface area (Å²) in [6, 6.07) is 14.7. The molecule has 1 aliphatic carbocycles. The van der Waals surface area contributed by atoms with Gasteiger partial charge in [0.05, 0.1) is 5.41 Å². The van der Waals surface area contributed by atoms with Crippen molar-refractivity contribution in [3.05, 3.63) is 66.2 Å². The Hall–Kier alpha value is -3.01. The van der Waals surface area contributed by atoms with Gasteiger partial charge < -0.3 is 15.6 Å². The fourth-order valence-electron chi connectivity index (χ4n) is 5.77. The van der Waals surface area contributed by atoms with E-state index in [0.717, 1.165) is 87.8 Å². The van der Waals surface area contributed by atoms with Gasteiger partial charge in [-0.3, -0.25) is 4.72 Å². The molecule has 1 saturated carbocycles. The van der Waals surface area contributed by atoms with Crippen LogP contribution < -0.4 is 14.4 Å². The summed E-state index contributed by atoms with van der Waals surface area (Å²) in [4.78, 5) is 11.6. The van der Waals surface area contributed by atoms with Crippen molar-refractivity contribution in [1.29, 1.82) is 0 Å².